The summed E-state index contributed by atoms with van der Waals surface area (Å²) in [4.78, 5) is 23.9. The van der Waals surface area contributed by atoms with E-state index in [1.165, 1.54) is 11.3 Å². The Morgan fingerprint density at radius 2 is 1.75 bits per heavy atom. The highest BCUT2D eigenvalue weighted by molar-refractivity contribution is 7.12. The summed E-state index contributed by atoms with van der Waals surface area (Å²) in [6.45, 7) is 1.55. The molecule has 1 aliphatic heterocycles. The summed E-state index contributed by atoms with van der Waals surface area (Å²) < 4.78 is 0. The molecule has 0 spiro atoms. The molecule has 1 saturated heterocycles. The van der Waals surface area contributed by atoms with Crippen LogP contribution in [0.3, 0.4) is 0 Å². The molecule has 140 valence electrons. The zero-order chi connectivity index (χ0) is 18.9. The van der Waals surface area contributed by atoms with Gasteiger partial charge in [0.1, 0.15) is 5.82 Å². The van der Waals surface area contributed by atoms with Crippen LogP contribution < -0.4 is 0 Å². The summed E-state index contributed by atoms with van der Waals surface area (Å²) in [5.41, 5.74) is 4.37. The number of imidazole rings is 1. The molecule has 1 aliphatic rings. The fourth-order valence-corrected chi connectivity index (χ4v) is 4.79. The molecular weight excluding hydrogens is 366 g/mol. The minimum atomic E-state index is 0.148. The van der Waals surface area contributed by atoms with E-state index in [1.807, 2.05) is 47.4 Å². The molecule has 0 unspecified atom stereocenters. The Bertz CT molecular complexity index is 1070. The van der Waals surface area contributed by atoms with Gasteiger partial charge in [0.15, 0.2) is 0 Å². The van der Waals surface area contributed by atoms with Gasteiger partial charge in [0, 0.05) is 19.0 Å². The topological polar surface area (TPSA) is 49.0 Å². The molecule has 0 radical (unpaired) electrons. The van der Waals surface area contributed by atoms with E-state index < -0.39 is 0 Å². The monoisotopic (exact) mass is 387 g/mol. The predicted octanol–water partition coefficient (Wildman–Crippen LogP) is 5.31. The fourth-order valence-electron chi connectivity index (χ4n) is 3.91. The molecule has 1 fully saturated rings. The van der Waals surface area contributed by atoms with E-state index in [0.717, 1.165) is 58.8 Å². The van der Waals surface area contributed by atoms with Crippen molar-refractivity contribution in [1.29, 1.82) is 0 Å². The van der Waals surface area contributed by atoms with Gasteiger partial charge < -0.3 is 9.88 Å². The Balaban J connectivity index is 1.26. The highest BCUT2D eigenvalue weighted by Crippen LogP contribution is 2.30. The number of aromatic amines is 1. The largest absolute Gasteiger partial charge is 0.342 e. The number of fused-ring (bicyclic) bond motifs is 1. The van der Waals surface area contributed by atoms with E-state index in [2.05, 4.69) is 28.6 Å². The normalized spacial score (nSPS) is 15.2. The molecule has 0 aliphatic carbocycles. The van der Waals surface area contributed by atoms with Gasteiger partial charge in [-0.05, 0) is 47.5 Å². The van der Waals surface area contributed by atoms with Crippen molar-refractivity contribution < 1.29 is 4.79 Å². The summed E-state index contributed by atoms with van der Waals surface area (Å²) in [6, 6.07) is 20.4. The number of hydrogen-bond donors (Lipinski definition) is 1. The Morgan fingerprint density at radius 1 is 1.00 bits per heavy atom. The first-order valence-corrected chi connectivity index (χ1v) is 10.5. The predicted molar refractivity (Wildman–Crippen MR) is 114 cm³/mol. The van der Waals surface area contributed by atoms with Gasteiger partial charge in [-0.3, -0.25) is 4.79 Å². The average Bonchev–Trinajstić information content (AvgIpc) is 3.41. The van der Waals surface area contributed by atoms with Gasteiger partial charge in [-0.2, -0.15) is 0 Å². The van der Waals surface area contributed by atoms with Crippen molar-refractivity contribution in [3.8, 4) is 11.1 Å². The lowest BCUT2D eigenvalue weighted by atomic mass is 9.96. The van der Waals surface area contributed by atoms with Crippen molar-refractivity contribution in [1.82, 2.24) is 14.9 Å². The van der Waals surface area contributed by atoms with Gasteiger partial charge in [0.05, 0.1) is 15.9 Å². The number of rotatable bonds is 3. The fraction of sp³-hybridized carbons (Fsp3) is 0.217. The van der Waals surface area contributed by atoms with Crippen LogP contribution in [-0.2, 0) is 0 Å². The van der Waals surface area contributed by atoms with E-state index in [-0.39, 0.29) is 5.91 Å². The Hall–Kier alpha value is -2.92. The maximum Gasteiger partial charge on any atom is 0.263 e. The molecule has 1 N–H and O–H groups in total. The maximum atomic E-state index is 12.9. The van der Waals surface area contributed by atoms with Crippen molar-refractivity contribution in [3.05, 3.63) is 76.7 Å². The van der Waals surface area contributed by atoms with Crippen LogP contribution in [0.15, 0.2) is 66.0 Å². The van der Waals surface area contributed by atoms with Crippen molar-refractivity contribution in [2.75, 3.05) is 13.1 Å². The molecule has 3 heterocycles. The van der Waals surface area contributed by atoms with Crippen LogP contribution in [0.1, 0.15) is 34.3 Å². The lowest BCUT2D eigenvalue weighted by molar-refractivity contribution is 0.0716. The molecule has 28 heavy (non-hydrogen) atoms. The van der Waals surface area contributed by atoms with Crippen LogP contribution >= 0.6 is 11.3 Å². The van der Waals surface area contributed by atoms with Gasteiger partial charge in [-0.1, -0.05) is 42.5 Å². The highest BCUT2D eigenvalue weighted by atomic mass is 32.1. The second-order valence-corrected chi connectivity index (χ2v) is 8.18. The second-order valence-electron chi connectivity index (χ2n) is 7.27. The number of likely N-dealkylation sites (tertiary alicyclic amines) is 1. The molecule has 5 heteroatoms. The molecule has 4 nitrogen and oxygen atoms in total. The molecular formula is C23H21N3OS. The van der Waals surface area contributed by atoms with Crippen LogP contribution in [0.2, 0.25) is 0 Å². The molecule has 0 bridgehead atoms. The summed E-state index contributed by atoms with van der Waals surface area (Å²) in [6.07, 6.45) is 1.89. The number of benzene rings is 2. The first-order valence-electron chi connectivity index (χ1n) is 9.66. The Kier molecular flexibility index (Phi) is 4.45. The van der Waals surface area contributed by atoms with Crippen molar-refractivity contribution in [2.24, 2.45) is 0 Å². The number of aromatic nitrogens is 2. The molecule has 0 saturated carbocycles. The number of piperidine rings is 1. The molecule has 0 atom stereocenters. The standard InChI is InChI=1S/C23H21N3OS/c27-23(21-14-18(15-28-21)16-6-2-1-3-7-16)26-12-10-17(11-13-26)22-24-19-8-4-5-9-20(19)25-22/h1-9,14-15,17H,10-13H2,(H,24,25). The summed E-state index contributed by atoms with van der Waals surface area (Å²) in [5, 5.41) is 2.07. The third kappa shape index (κ3) is 3.22. The van der Waals surface area contributed by atoms with Crippen molar-refractivity contribution in [3.63, 3.8) is 0 Å². The van der Waals surface area contributed by atoms with E-state index >= 15 is 0 Å². The summed E-state index contributed by atoms with van der Waals surface area (Å²) in [7, 11) is 0. The van der Waals surface area contributed by atoms with E-state index in [0.29, 0.717) is 5.92 Å². The van der Waals surface area contributed by atoms with Gasteiger partial charge in [0.25, 0.3) is 5.91 Å². The highest BCUT2D eigenvalue weighted by Gasteiger charge is 2.27. The average molecular weight is 388 g/mol. The molecule has 1 amide bonds. The summed E-state index contributed by atoms with van der Waals surface area (Å²) >= 11 is 1.54. The number of H-pyrrole nitrogens is 1. The Morgan fingerprint density at radius 3 is 2.54 bits per heavy atom. The minimum absolute atomic E-state index is 0.148. The number of nitrogens with one attached hydrogen (secondary N) is 1. The van der Waals surface area contributed by atoms with Crippen LogP contribution in [0.5, 0.6) is 0 Å². The lowest BCUT2D eigenvalue weighted by Gasteiger charge is -2.30. The zero-order valence-electron chi connectivity index (χ0n) is 15.5. The smallest absolute Gasteiger partial charge is 0.263 e. The van der Waals surface area contributed by atoms with Crippen LogP contribution in [0.4, 0.5) is 0 Å². The maximum absolute atomic E-state index is 12.9. The van der Waals surface area contributed by atoms with E-state index in [9.17, 15) is 4.79 Å². The zero-order valence-corrected chi connectivity index (χ0v) is 16.3. The molecule has 4 aromatic rings. The van der Waals surface area contributed by atoms with Crippen LogP contribution in [0, 0.1) is 0 Å². The van der Waals surface area contributed by atoms with Gasteiger partial charge in [-0.15, -0.1) is 11.3 Å². The molecule has 5 rings (SSSR count). The lowest BCUT2D eigenvalue weighted by Crippen LogP contribution is -2.37. The first kappa shape index (κ1) is 17.2. The van der Waals surface area contributed by atoms with Gasteiger partial charge in [0.2, 0.25) is 0 Å². The van der Waals surface area contributed by atoms with E-state index in [1.54, 1.807) is 0 Å². The van der Waals surface area contributed by atoms with Crippen LogP contribution in [0.25, 0.3) is 22.2 Å². The quantitative estimate of drug-likeness (QED) is 0.518. The SMILES string of the molecule is O=C(c1cc(-c2ccccc2)cs1)N1CCC(c2nc3ccccc3[nH]2)CC1. The number of amides is 1. The summed E-state index contributed by atoms with van der Waals surface area (Å²) in [5.74, 6) is 1.59. The first-order chi connectivity index (χ1) is 13.8. The van der Waals surface area contributed by atoms with Gasteiger partial charge >= 0.3 is 0 Å². The second kappa shape index (κ2) is 7.24. The third-order valence-electron chi connectivity index (χ3n) is 5.49. The number of hydrogen-bond acceptors (Lipinski definition) is 3. The Labute approximate surface area is 167 Å². The van der Waals surface area contributed by atoms with Crippen molar-refractivity contribution >= 4 is 28.3 Å². The van der Waals surface area contributed by atoms with Gasteiger partial charge in [-0.25, -0.2) is 4.98 Å². The number of carbonyl (C=O) groups is 1. The molecule has 2 aromatic carbocycles. The van der Waals surface area contributed by atoms with Crippen molar-refractivity contribution in [2.45, 2.75) is 18.8 Å². The number of para-hydroxylation sites is 2. The molecule has 2 aromatic heterocycles. The third-order valence-corrected chi connectivity index (χ3v) is 6.41. The van der Waals surface area contributed by atoms with Crippen LogP contribution in [-0.4, -0.2) is 33.9 Å². The number of carbonyl (C=O) groups excluding carboxylic acids is 1. The van der Waals surface area contributed by atoms with E-state index in [4.69, 9.17) is 4.98 Å². The minimum Gasteiger partial charge on any atom is -0.342 e. The number of nitrogens with zero attached hydrogens (tertiary/aromatic N) is 2. The number of thiophene rings is 1.